The largest absolute Gasteiger partial charge is 0.373 e. The minimum absolute atomic E-state index is 0.0228. The van der Waals surface area contributed by atoms with Crippen molar-refractivity contribution in [3.63, 3.8) is 0 Å². The molecule has 1 aromatic rings. The Bertz CT molecular complexity index is 433. The predicted molar refractivity (Wildman–Crippen MR) is 65.1 cm³/mol. The Morgan fingerprint density at radius 1 is 1.25 bits per heavy atom. The zero-order chi connectivity index (χ0) is 12.0. The molecule has 0 saturated carbocycles. The fourth-order valence-electron chi connectivity index (χ4n) is 1.09. The molecule has 1 heterocycles. The summed E-state index contributed by atoms with van der Waals surface area (Å²) in [6.07, 6.45) is 0. The third-order valence-electron chi connectivity index (χ3n) is 1.99. The first-order valence-corrected chi connectivity index (χ1v) is 6.52. The third-order valence-corrected chi connectivity index (χ3v) is 3.36. The molecule has 0 aliphatic heterocycles. The monoisotopic (exact) mass is 244 g/mol. The van der Waals surface area contributed by atoms with E-state index in [-0.39, 0.29) is 5.75 Å². The Morgan fingerprint density at radius 3 is 2.56 bits per heavy atom. The minimum Gasteiger partial charge on any atom is -0.373 e. The highest BCUT2D eigenvalue weighted by molar-refractivity contribution is 7.89. The first-order valence-electron chi connectivity index (χ1n) is 4.87. The fourth-order valence-corrected chi connectivity index (χ4v) is 1.66. The maximum absolute atomic E-state index is 11.1. The fraction of sp³-hybridized carbons (Fsp3) is 0.444. The summed E-state index contributed by atoms with van der Waals surface area (Å²) in [5.41, 5.74) is 0. The number of anilines is 2. The molecule has 0 saturated heterocycles. The third kappa shape index (κ3) is 4.03. The molecular formula is C9H16N4O2S. The molecule has 1 rings (SSSR count). The molecule has 0 fully saturated rings. The second-order valence-corrected chi connectivity index (χ2v) is 5.15. The molecule has 0 spiro atoms. The van der Waals surface area contributed by atoms with E-state index in [2.05, 4.69) is 20.3 Å². The lowest BCUT2D eigenvalue weighted by Gasteiger charge is -2.07. The SMILES string of the molecule is CNc1cccc(NCCS(=O)(=O)NC)n1. The van der Waals surface area contributed by atoms with Gasteiger partial charge in [0.2, 0.25) is 10.0 Å². The van der Waals surface area contributed by atoms with Gasteiger partial charge in [0, 0.05) is 13.6 Å². The second-order valence-electron chi connectivity index (χ2n) is 3.11. The van der Waals surface area contributed by atoms with Crippen molar-refractivity contribution in [2.75, 3.05) is 37.0 Å². The van der Waals surface area contributed by atoms with Crippen LogP contribution in [0.5, 0.6) is 0 Å². The van der Waals surface area contributed by atoms with E-state index in [0.29, 0.717) is 12.4 Å². The van der Waals surface area contributed by atoms with E-state index in [1.807, 2.05) is 12.1 Å². The molecule has 0 amide bonds. The summed E-state index contributed by atoms with van der Waals surface area (Å²) < 4.78 is 24.5. The average molecular weight is 244 g/mol. The number of sulfonamides is 1. The van der Waals surface area contributed by atoms with Crippen LogP contribution in [0.3, 0.4) is 0 Å². The summed E-state index contributed by atoms with van der Waals surface area (Å²) in [6, 6.07) is 5.45. The Labute approximate surface area is 95.5 Å². The van der Waals surface area contributed by atoms with Gasteiger partial charge in [0.1, 0.15) is 11.6 Å². The van der Waals surface area contributed by atoms with Crippen molar-refractivity contribution in [3.8, 4) is 0 Å². The lowest BCUT2D eigenvalue weighted by Crippen LogP contribution is -2.26. The Balaban J connectivity index is 2.49. The van der Waals surface area contributed by atoms with Crippen molar-refractivity contribution in [3.05, 3.63) is 18.2 Å². The normalized spacial score (nSPS) is 11.1. The van der Waals surface area contributed by atoms with Gasteiger partial charge in [-0.3, -0.25) is 0 Å². The standard InChI is InChI=1S/C9H16N4O2S/c1-10-8-4-3-5-9(13-8)12-6-7-16(14,15)11-2/h3-5,11H,6-7H2,1-2H3,(H2,10,12,13). The highest BCUT2D eigenvalue weighted by atomic mass is 32.2. The highest BCUT2D eigenvalue weighted by Gasteiger charge is 2.05. The number of hydrogen-bond donors (Lipinski definition) is 3. The number of aromatic nitrogens is 1. The first-order chi connectivity index (χ1) is 7.57. The zero-order valence-corrected chi connectivity index (χ0v) is 10.1. The molecule has 16 heavy (non-hydrogen) atoms. The molecule has 0 radical (unpaired) electrons. The Morgan fingerprint density at radius 2 is 1.94 bits per heavy atom. The van der Waals surface area contributed by atoms with Crippen LogP contribution in [0.15, 0.2) is 18.2 Å². The van der Waals surface area contributed by atoms with E-state index in [9.17, 15) is 8.42 Å². The van der Waals surface area contributed by atoms with Crippen molar-refractivity contribution >= 4 is 21.7 Å². The van der Waals surface area contributed by atoms with Crippen LogP contribution >= 0.6 is 0 Å². The molecule has 0 unspecified atom stereocenters. The maximum atomic E-state index is 11.1. The van der Waals surface area contributed by atoms with E-state index in [4.69, 9.17) is 0 Å². The van der Waals surface area contributed by atoms with Crippen LogP contribution in [0.2, 0.25) is 0 Å². The van der Waals surface area contributed by atoms with Crippen LogP contribution in [0.4, 0.5) is 11.6 Å². The highest BCUT2D eigenvalue weighted by Crippen LogP contribution is 2.07. The van der Waals surface area contributed by atoms with Crippen LogP contribution < -0.4 is 15.4 Å². The zero-order valence-electron chi connectivity index (χ0n) is 9.32. The van der Waals surface area contributed by atoms with Crippen molar-refractivity contribution in [2.45, 2.75) is 0 Å². The summed E-state index contributed by atoms with van der Waals surface area (Å²) in [5.74, 6) is 1.41. The smallest absolute Gasteiger partial charge is 0.213 e. The minimum atomic E-state index is -3.16. The van der Waals surface area contributed by atoms with Gasteiger partial charge >= 0.3 is 0 Å². The second kappa shape index (κ2) is 5.66. The molecule has 0 atom stereocenters. The van der Waals surface area contributed by atoms with Crippen LogP contribution in [0, 0.1) is 0 Å². The van der Waals surface area contributed by atoms with E-state index in [1.165, 1.54) is 7.05 Å². The Hall–Kier alpha value is -1.34. The molecule has 0 aromatic carbocycles. The molecule has 1 aromatic heterocycles. The number of rotatable bonds is 6. The molecule has 3 N–H and O–H groups in total. The summed E-state index contributed by atoms with van der Waals surface area (Å²) in [5, 5.41) is 5.84. The molecule has 7 heteroatoms. The van der Waals surface area contributed by atoms with Crippen molar-refractivity contribution in [2.24, 2.45) is 0 Å². The van der Waals surface area contributed by atoms with Crippen LogP contribution in [-0.2, 0) is 10.0 Å². The topological polar surface area (TPSA) is 83.1 Å². The summed E-state index contributed by atoms with van der Waals surface area (Å²) >= 11 is 0. The first kappa shape index (κ1) is 12.7. The van der Waals surface area contributed by atoms with Crippen LogP contribution in [0.25, 0.3) is 0 Å². The molecule has 90 valence electrons. The van der Waals surface area contributed by atoms with Gasteiger partial charge in [-0.25, -0.2) is 18.1 Å². The van der Waals surface area contributed by atoms with Gasteiger partial charge in [0.25, 0.3) is 0 Å². The molecule has 6 nitrogen and oxygen atoms in total. The van der Waals surface area contributed by atoms with Gasteiger partial charge in [-0.15, -0.1) is 0 Å². The van der Waals surface area contributed by atoms with Gasteiger partial charge in [-0.1, -0.05) is 6.07 Å². The van der Waals surface area contributed by atoms with E-state index < -0.39 is 10.0 Å². The summed E-state index contributed by atoms with van der Waals surface area (Å²) in [6.45, 7) is 0.323. The quantitative estimate of drug-likeness (QED) is 0.660. The van der Waals surface area contributed by atoms with Gasteiger partial charge < -0.3 is 10.6 Å². The lowest BCUT2D eigenvalue weighted by molar-refractivity contribution is 0.588. The molecule has 0 aliphatic rings. The number of hydrogen-bond acceptors (Lipinski definition) is 5. The van der Waals surface area contributed by atoms with Crippen molar-refractivity contribution < 1.29 is 8.42 Å². The number of nitrogens with zero attached hydrogens (tertiary/aromatic N) is 1. The Kier molecular flexibility index (Phi) is 4.51. The van der Waals surface area contributed by atoms with Gasteiger partial charge in [-0.2, -0.15) is 0 Å². The molecule has 0 aliphatic carbocycles. The number of nitrogens with one attached hydrogen (secondary N) is 3. The van der Waals surface area contributed by atoms with Crippen LogP contribution in [0.1, 0.15) is 0 Å². The maximum Gasteiger partial charge on any atom is 0.213 e. The lowest BCUT2D eigenvalue weighted by atomic mass is 10.4. The number of pyridine rings is 1. The van der Waals surface area contributed by atoms with Crippen molar-refractivity contribution in [1.29, 1.82) is 0 Å². The van der Waals surface area contributed by atoms with Gasteiger partial charge in [-0.05, 0) is 19.2 Å². The van der Waals surface area contributed by atoms with Crippen molar-refractivity contribution in [1.82, 2.24) is 9.71 Å². The van der Waals surface area contributed by atoms with E-state index in [1.54, 1.807) is 13.1 Å². The van der Waals surface area contributed by atoms with E-state index >= 15 is 0 Å². The van der Waals surface area contributed by atoms with Gasteiger partial charge in [0.15, 0.2) is 0 Å². The summed E-state index contributed by atoms with van der Waals surface area (Å²) in [7, 11) is 0.0122. The summed E-state index contributed by atoms with van der Waals surface area (Å²) in [4.78, 5) is 4.20. The molecular weight excluding hydrogens is 228 g/mol. The molecule has 0 bridgehead atoms. The predicted octanol–water partition coefficient (Wildman–Crippen LogP) is 0.0844. The van der Waals surface area contributed by atoms with Crippen LogP contribution in [-0.4, -0.2) is 39.8 Å². The van der Waals surface area contributed by atoms with Gasteiger partial charge in [0.05, 0.1) is 5.75 Å². The average Bonchev–Trinajstić information content (AvgIpc) is 2.29. The van der Waals surface area contributed by atoms with E-state index in [0.717, 1.165) is 5.82 Å².